The number of carbonyl (C=O) groups excluding carboxylic acids is 1. The van der Waals surface area contributed by atoms with E-state index in [1.807, 2.05) is 0 Å². The Morgan fingerprint density at radius 2 is 1.72 bits per heavy atom. The van der Waals surface area contributed by atoms with Crippen LogP contribution < -0.4 is 5.32 Å². The number of halogens is 3. The summed E-state index contributed by atoms with van der Waals surface area (Å²) in [6.07, 6.45) is 0. The van der Waals surface area contributed by atoms with Crippen LogP contribution in [0.15, 0.2) is 46.9 Å². The van der Waals surface area contributed by atoms with Gasteiger partial charge in [0.1, 0.15) is 11.6 Å². The van der Waals surface area contributed by atoms with Crippen LogP contribution in [0.25, 0.3) is 0 Å². The van der Waals surface area contributed by atoms with E-state index >= 15 is 0 Å². The van der Waals surface area contributed by atoms with Crippen LogP contribution in [0.4, 0.5) is 14.5 Å². The van der Waals surface area contributed by atoms with E-state index < -0.39 is 5.82 Å². The van der Waals surface area contributed by atoms with E-state index in [4.69, 9.17) is 0 Å². The van der Waals surface area contributed by atoms with Crippen molar-refractivity contribution in [2.24, 2.45) is 0 Å². The number of carbonyl (C=O) groups is 1. The predicted molar refractivity (Wildman–Crippen MR) is 68.5 cm³/mol. The Morgan fingerprint density at radius 1 is 1.06 bits per heavy atom. The second-order valence-corrected chi connectivity index (χ2v) is 4.44. The fourth-order valence-corrected chi connectivity index (χ4v) is 1.75. The molecule has 2 nitrogen and oxygen atoms in total. The maximum Gasteiger partial charge on any atom is 0.255 e. The predicted octanol–water partition coefficient (Wildman–Crippen LogP) is 3.98. The van der Waals surface area contributed by atoms with E-state index in [9.17, 15) is 13.6 Å². The molecule has 2 rings (SSSR count). The van der Waals surface area contributed by atoms with Crippen molar-refractivity contribution in [2.45, 2.75) is 0 Å². The lowest BCUT2D eigenvalue weighted by Crippen LogP contribution is -2.11. The lowest BCUT2D eigenvalue weighted by atomic mass is 10.2. The summed E-state index contributed by atoms with van der Waals surface area (Å²) in [5.41, 5.74) is 0.787. The van der Waals surface area contributed by atoms with E-state index in [2.05, 4.69) is 21.2 Å². The summed E-state index contributed by atoms with van der Waals surface area (Å²) in [5, 5.41) is 2.58. The SMILES string of the molecule is O=C(Nc1ccc(F)cc1)c1ccc(F)c(Br)c1. The van der Waals surface area contributed by atoms with Crippen LogP contribution in [-0.4, -0.2) is 5.91 Å². The molecule has 1 N–H and O–H groups in total. The van der Waals surface area contributed by atoms with Crippen molar-refractivity contribution < 1.29 is 13.6 Å². The molecule has 0 spiro atoms. The zero-order chi connectivity index (χ0) is 13.1. The highest BCUT2D eigenvalue weighted by Crippen LogP contribution is 2.18. The lowest BCUT2D eigenvalue weighted by Gasteiger charge is -2.05. The minimum atomic E-state index is -0.437. The summed E-state index contributed by atoms with van der Waals surface area (Å²) in [5.74, 6) is -1.20. The van der Waals surface area contributed by atoms with Crippen molar-refractivity contribution in [3.8, 4) is 0 Å². The van der Waals surface area contributed by atoms with Gasteiger partial charge in [-0.15, -0.1) is 0 Å². The van der Waals surface area contributed by atoms with Crippen LogP contribution in [0.5, 0.6) is 0 Å². The van der Waals surface area contributed by atoms with Crippen LogP contribution in [0.3, 0.4) is 0 Å². The molecule has 0 aromatic heterocycles. The van der Waals surface area contributed by atoms with E-state index in [1.165, 1.54) is 42.5 Å². The molecule has 0 radical (unpaired) electrons. The molecule has 0 heterocycles. The van der Waals surface area contributed by atoms with Gasteiger partial charge in [0.15, 0.2) is 0 Å². The molecule has 0 saturated heterocycles. The molecule has 92 valence electrons. The van der Waals surface area contributed by atoms with Gasteiger partial charge in [-0.05, 0) is 58.4 Å². The van der Waals surface area contributed by atoms with Crippen molar-refractivity contribution >= 4 is 27.5 Å². The standard InChI is InChI=1S/C13H8BrF2NO/c14-11-7-8(1-6-12(11)16)13(18)17-10-4-2-9(15)3-5-10/h1-7H,(H,17,18). The summed E-state index contributed by atoms with van der Waals surface area (Å²) in [7, 11) is 0. The highest BCUT2D eigenvalue weighted by Gasteiger charge is 2.08. The van der Waals surface area contributed by atoms with Crippen LogP contribution in [0, 0.1) is 11.6 Å². The highest BCUT2D eigenvalue weighted by atomic mass is 79.9. The lowest BCUT2D eigenvalue weighted by molar-refractivity contribution is 0.102. The van der Waals surface area contributed by atoms with Gasteiger partial charge in [-0.2, -0.15) is 0 Å². The first-order valence-corrected chi connectivity index (χ1v) is 5.87. The Hall–Kier alpha value is -1.75. The largest absolute Gasteiger partial charge is 0.322 e. The Labute approximate surface area is 111 Å². The summed E-state index contributed by atoms with van der Waals surface area (Å²) in [6.45, 7) is 0. The Bertz CT molecular complexity index is 584. The van der Waals surface area contributed by atoms with Gasteiger partial charge in [0, 0.05) is 11.3 Å². The number of amides is 1. The number of anilines is 1. The fraction of sp³-hybridized carbons (Fsp3) is 0. The Morgan fingerprint density at radius 3 is 2.33 bits per heavy atom. The minimum absolute atomic E-state index is 0.217. The number of benzene rings is 2. The molecular weight excluding hydrogens is 304 g/mol. The molecule has 2 aromatic carbocycles. The average molecular weight is 312 g/mol. The van der Waals surface area contributed by atoms with Crippen LogP contribution in [0.2, 0.25) is 0 Å². The summed E-state index contributed by atoms with van der Waals surface area (Å²) < 4.78 is 25.9. The van der Waals surface area contributed by atoms with Crippen molar-refractivity contribution in [3.63, 3.8) is 0 Å². The zero-order valence-corrected chi connectivity index (χ0v) is 10.7. The molecule has 1 amide bonds. The second kappa shape index (κ2) is 5.27. The fourth-order valence-electron chi connectivity index (χ4n) is 1.37. The molecule has 18 heavy (non-hydrogen) atoms. The molecule has 0 aliphatic carbocycles. The van der Waals surface area contributed by atoms with Gasteiger partial charge in [-0.25, -0.2) is 8.78 Å². The van der Waals surface area contributed by atoms with Crippen LogP contribution in [0.1, 0.15) is 10.4 Å². The first-order chi connectivity index (χ1) is 8.56. The van der Waals surface area contributed by atoms with Crippen molar-refractivity contribution in [3.05, 3.63) is 64.1 Å². The van der Waals surface area contributed by atoms with E-state index in [1.54, 1.807) is 0 Å². The Balaban J connectivity index is 2.16. The quantitative estimate of drug-likeness (QED) is 0.893. The van der Waals surface area contributed by atoms with Gasteiger partial charge >= 0.3 is 0 Å². The molecular formula is C13H8BrF2NO. The number of hydrogen-bond acceptors (Lipinski definition) is 1. The molecule has 0 saturated carbocycles. The first-order valence-electron chi connectivity index (χ1n) is 5.08. The first kappa shape index (κ1) is 12.7. The highest BCUT2D eigenvalue weighted by molar-refractivity contribution is 9.10. The molecule has 2 aromatic rings. The minimum Gasteiger partial charge on any atom is -0.322 e. The molecule has 5 heteroatoms. The zero-order valence-electron chi connectivity index (χ0n) is 9.08. The number of hydrogen-bond donors (Lipinski definition) is 1. The normalized spacial score (nSPS) is 10.2. The van der Waals surface area contributed by atoms with Crippen LogP contribution >= 0.6 is 15.9 Å². The third kappa shape index (κ3) is 2.92. The smallest absolute Gasteiger partial charge is 0.255 e. The molecule has 0 aliphatic rings. The summed E-state index contributed by atoms with van der Waals surface area (Å²) in [4.78, 5) is 11.8. The number of nitrogens with one attached hydrogen (secondary N) is 1. The number of rotatable bonds is 2. The van der Waals surface area contributed by atoms with Gasteiger partial charge in [0.25, 0.3) is 5.91 Å². The topological polar surface area (TPSA) is 29.1 Å². The molecule has 0 atom stereocenters. The van der Waals surface area contributed by atoms with Gasteiger partial charge in [-0.3, -0.25) is 4.79 Å². The van der Waals surface area contributed by atoms with E-state index in [0.29, 0.717) is 11.3 Å². The van der Waals surface area contributed by atoms with Gasteiger partial charge in [-0.1, -0.05) is 0 Å². The second-order valence-electron chi connectivity index (χ2n) is 3.59. The van der Waals surface area contributed by atoms with Gasteiger partial charge < -0.3 is 5.32 Å². The molecule has 0 unspecified atom stereocenters. The maximum absolute atomic E-state index is 13.0. The van der Waals surface area contributed by atoms with Crippen LogP contribution in [-0.2, 0) is 0 Å². The Kier molecular flexibility index (Phi) is 3.72. The maximum atomic E-state index is 13.0. The van der Waals surface area contributed by atoms with E-state index in [0.717, 1.165) is 0 Å². The third-order valence-corrected chi connectivity index (χ3v) is 2.89. The average Bonchev–Trinajstić information content (AvgIpc) is 2.35. The molecule has 0 bridgehead atoms. The summed E-state index contributed by atoms with van der Waals surface area (Å²) in [6, 6.07) is 9.35. The van der Waals surface area contributed by atoms with Gasteiger partial charge in [0.05, 0.1) is 4.47 Å². The van der Waals surface area contributed by atoms with Gasteiger partial charge in [0.2, 0.25) is 0 Å². The van der Waals surface area contributed by atoms with Crippen molar-refractivity contribution in [2.75, 3.05) is 5.32 Å². The third-order valence-electron chi connectivity index (χ3n) is 2.28. The van der Waals surface area contributed by atoms with Crippen molar-refractivity contribution in [1.82, 2.24) is 0 Å². The summed E-state index contributed by atoms with van der Waals surface area (Å²) >= 11 is 3.00. The monoisotopic (exact) mass is 311 g/mol. The van der Waals surface area contributed by atoms with E-state index in [-0.39, 0.29) is 16.2 Å². The molecule has 0 aliphatic heterocycles. The molecule has 0 fully saturated rings. The van der Waals surface area contributed by atoms with Crippen molar-refractivity contribution in [1.29, 1.82) is 0 Å².